The molecule has 1 aliphatic rings. The molecule has 0 spiro atoms. The van der Waals surface area contributed by atoms with Gasteiger partial charge in [-0.25, -0.2) is 4.99 Å². The highest BCUT2D eigenvalue weighted by Gasteiger charge is 2.22. The Kier molecular flexibility index (Phi) is 7.25. The molecule has 0 saturated carbocycles. The van der Waals surface area contributed by atoms with E-state index < -0.39 is 0 Å². The van der Waals surface area contributed by atoms with Crippen LogP contribution in [0.2, 0.25) is 0 Å². The number of aliphatic imine (C=N–C) groups is 1. The van der Waals surface area contributed by atoms with Gasteiger partial charge in [0.05, 0.1) is 6.54 Å². The Morgan fingerprint density at radius 3 is 2.72 bits per heavy atom. The van der Waals surface area contributed by atoms with Crippen molar-refractivity contribution in [2.24, 2.45) is 16.6 Å². The van der Waals surface area contributed by atoms with E-state index in [0.29, 0.717) is 18.5 Å². The topological polar surface area (TPSA) is 82.8 Å². The summed E-state index contributed by atoms with van der Waals surface area (Å²) < 4.78 is 0. The van der Waals surface area contributed by atoms with Crippen LogP contribution in [0.3, 0.4) is 0 Å². The van der Waals surface area contributed by atoms with Gasteiger partial charge < -0.3 is 16.4 Å². The number of likely N-dealkylation sites (N-methyl/N-ethyl adjacent to an activating group) is 1. The van der Waals surface area contributed by atoms with Crippen molar-refractivity contribution in [2.75, 3.05) is 25.0 Å². The minimum absolute atomic E-state index is 0.0206. The number of rotatable bonds is 7. The highest BCUT2D eigenvalue weighted by atomic mass is 16.1. The smallest absolute Gasteiger partial charge is 0.226 e. The van der Waals surface area contributed by atoms with Crippen molar-refractivity contribution in [3.8, 4) is 0 Å². The molecule has 6 heteroatoms. The lowest BCUT2D eigenvalue weighted by molar-refractivity contribution is -0.118. The summed E-state index contributed by atoms with van der Waals surface area (Å²) in [6.07, 6.45) is 2.48. The molecule has 0 radical (unpaired) electrons. The average molecular weight is 345 g/mol. The fourth-order valence-electron chi connectivity index (χ4n) is 2.98. The molecule has 1 fully saturated rings. The molecule has 1 atom stereocenters. The Balaban J connectivity index is 1.79. The van der Waals surface area contributed by atoms with Crippen LogP contribution in [0.25, 0.3) is 0 Å². The first-order chi connectivity index (χ1) is 12.0. The number of nitrogens with two attached hydrogens (primary N) is 1. The Labute approximate surface area is 150 Å². The SMILES string of the molecule is CCN1CCCC1CNC(N)=NCc1ccc(NC(=O)C(C)C)cc1. The molecule has 0 bridgehead atoms. The van der Waals surface area contributed by atoms with Crippen LogP contribution in [0.1, 0.15) is 39.2 Å². The molecule has 1 aromatic carbocycles. The molecular formula is C19H31N5O. The van der Waals surface area contributed by atoms with Crippen LogP contribution in [0.15, 0.2) is 29.3 Å². The second-order valence-corrected chi connectivity index (χ2v) is 6.85. The second kappa shape index (κ2) is 9.42. The van der Waals surface area contributed by atoms with E-state index in [1.165, 1.54) is 19.4 Å². The molecule has 1 aromatic rings. The molecule has 4 N–H and O–H groups in total. The third-order valence-electron chi connectivity index (χ3n) is 4.60. The van der Waals surface area contributed by atoms with Crippen LogP contribution in [0.4, 0.5) is 5.69 Å². The van der Waals surface area contributed by atoms with Gasteiger partial charge >= 0.3 is 0 Å². The summed E-state index contributed by atoms with van der Waals surface area (Å²) in [5.74, 6) is 0.478. The van der Waals surface area contributed by atoms with Crippen molar-refractivity contribution in [3.05, 3.63) is 29.8 Å². The van der Waals surface area contributed by atoms with E-state index >= 15 is 0 Å². The summed E-state index contributed by atoms with van der Waals surface area (Å²) in [4.78, 5) is 18.6. The summed E-state index contributed by atoms with van der Waals surface area (Å²) in [6.45, 7) is 9.59. The maximum Gasteiger partial charge on any atom is 0.226 e. The summed E-state index contributed by atoms with van der Waals surface area (Å²) in [5, 5.41) is 6.12. The molecule has 25 heavy (non-hydrogen) atoms. The van der Waals surface area contributed by atoms with E-state index in [1.807, 2.05) is 38.1 Å². The van der Waals surface area contributed by atoms with E-state index in [4.69, 9.17) is 5.73 Å². The van der Waals surface area contributed by atoms with E-state index in [9.17, 15) is 4.79 Å². The maximum absolute atomic E-state index is 11.7. The van der Waals surface area contributed by atoms with Crippen molar-refractivity contribution in [1.29, 1.82) is 0 Å². The van der Waals surface area contributed by atoms with Gasteiger partial charge in [-0.3, -0.25) is 9.69 Å². The summed E-state index contributed by atoms with van der Waals surface area (Å²) in [6, 6.07) is 8.27. The zero-order valence-electron chi connectivity index (χ0n) is 15.6. The number of guanidine groups is 1. The van der Waals surface area contributed by atoms with Crippen LogP contribution < -0.4 is 16.4 Å². The molecule has 1 saturated heterocycles. The quantitative estimate of drug-likeness (QED) is 0.522. The van der Waals surface area contributed by atoms with Crippen LogP contribution in [0.5, 0.6) is 0 Å². The first kappa shape index (κ1) is 19.2. The monoisotopic (exact) mass is 345 g/mol. The minimum atomic E-state index is -0.0290. The molecule has 138 valence electrons. The number of hydrogen-bond acceptors (Lipinski definition) is 3. The third kappa shape index (κ3) is 6.05. The molecule has 1 aliphatic heterocycles. The fourth-order valence-corrected chi connectivity index (χ4v) is 2.98. The lowest BCUT2D eigenvalue weighted by Crippen LogP contribution is -2.42. The maximum atomic E-state index is 11.7. The summed E-state index contributed by atoms with van der Waals surface area (Å²) >= 11 is 0. The Morgan fingerprint density at radius 2 is 2.08 bits per heavy atom. The fraction of sp³-hybridized carbons (Fsp3) is 0.579. The first-order valence-corrected chi connectivity index (χ1v) is 9.17. The largest absolute Gasteiger partial charge is 0.370 e. The number of amides is 1. The Hall–Kier alpha value is -2.08. The van der Waals surface area contributed by atoms with Crippen LogP contribution in [-0.4, -0.2) is 42.4 Å². The number of anilines is 1. The predicted molar refractivity (Wildman–Crippen MR) is 104 cm³/mol. The van der Waals surface area contributed by atoms with Crippen molar-refractivity contribution >= 4 is 17.6 Å². The zero-order valence-corrected chi connectivity index (χ0v) is 15.6. The van der Waals surface area contributed by atoms with Crippen LogP contribution in [-0.2, 0) is 11.3 Å². The first-order valence-electron chi connectivity index (χ1n) is 9.17. The number of carbonyl (C=O) groups is 1. The van der Waals surface area contributed by atoms with Crippen molar-refractivity contribution in [1.82, 2.24) is 10.2 Å². The summed E-state index contributed by atoms with van der Waals surface area (Å²) in [7, 11) is 0. The van der Waals surface area contributed by atoms with Crippen LogP contribution >= 0.6 is 0 Å². The van der Waals surface area contributed by atoms with Gasteiger partial charge in [-0.05, 0) is 43.6 Å². The molecule has 1 amide bonds. The molecule has 2 rings (SSSR count). The summed E-state index contributed by atoms with van der Waals surface area (Å²) in [5.41, 5.74) is 7.84. The highest BCUT2D eigenvalue weighted by molar-refractivity contribution is 5.92. The second-order valence-electron chi connectivity index (χ2n) is 6.85. The molecular weight excluding hydrogens is 314 g/mol. The van der Waals surface area contributed by atoms with Crippen molar-refractivity contribution < 1.29 is 4.79 Å². The molecule has 1 heterocycles. The molecule has 1 unspecified atom stereocenters. The molecule has 0 aromatic heterocycles. The standard InChI is InChI=1S/C19H31N5O/c1-4-24-11-5-6-17(24)13-22-19(20)21-12-15-7-9-16(10-8-15)23-18(25)14(2)3/h7-10,14,17H,4-6,11-13H2,1-3H3,(H,23,25)(H3,20,21,22). The van der Waals surface area contributed by atoms with Crippen molar-refractivity contribution in [2.45, 2.75) is 46.2 Å². The van der Waals surface area contributed by atoms with Crippen molar-refractivity contribution in [3.63, 3.8) is 0 Å². The Bertz CT molecular complexity index is 582. The van der Waals surface area contributed by atoms with Gasteiger partial charge in [-0.15, -0.1) is 0 Å². The number of carbonyl (C=O) groups excluding carboxylic acids is 1. The van der Waals surface area contributed by atoms with Crippen LogP contribution in [0, 0.1) is 5.92 Å². The predicted octanol–water partition coefficient (Wildman–Crippen LogP) is 2.17. The van der Waals surface area contributed by atoms with E-state index in [0.717, 1.165) is 24.3 Å². The number of nitrogens with one attached hydrogen (secondary N) is 2. The van der Waals surface area contributed by atoms with E-state index in [1.54, 1.807) is 0 Å². The van der Waals surface area contributed by atoms with Gasteiger partial charge in [-0.1, -0.05) is 32.9 Å². The van der Waals surface area contributed by atoms with Gasteiger partial charge in [0, 0.05) is 24.2 Å². The van der Waals surface area contributed by atoms with E-state index in [-0.39, 0.29) is 11.8 Å². The number of hydrogen-bond donors (Lipinski definition) is 3. The lowest BCUT2D eigenvalue weighted by Gasteiger charge is -2.23. The minimum Gasteiger partial charge on any atom is -0.370 e. The van der Waals surface area contributed by atoms with Gasteiger partial charge in [0.15, 0.2) is 5.96 Å². The zero-order chi connectivity index (χ0) is 18.2. The van der Waals surface area contributed by atoms with Gasteiger partial charge in [0.25, 0.3) is 0 Å². The molecule has 6 nitrogen and oxygen atoms in total. The average Bonchev–Trinajstić information content (AvgIpc) is 3.06. The van der Waals surface area contributed by atoms with Gasteiger partial charge in [0.2, 0.25) is 5.91 Å². The number of nitrogens with zero attached hydrogens (tertiary/aromatic N) is 2. The molecule has 0 aliphatic carbocycles. The number of likely N-dealkylation sites (tertiary alicyclic amines) is 1. The normalized spacial score (nSPS) is 18.6. The Morgan fingerprint density at radius 1 is 1.36 bits per heavy atom. The third-order valence-corrected chi connectivity index (χ3v) is 4.60. The highest BCUT2D eigenvalue weighted by Crippen LogP contribution is 2.15. The van der Waals surface area contributed by atoms with Gasteiger partial charge in [0.1, 0.15) is 0 Å². The number of benzene rings is 1. The van der Waals surface area contributed by atoms with Gasteiger partial charge in [-0.2, -0.15) is 0 Å². The van der Waals surface area contributed by atoms with E-state index in [2.05, 4.69) is 27.4 Å². The lowest BCUT2D eigenvalue weighted by atomic mass is 10.2.